The van der Waals surface area contributed by atoms with Crippen LogP contribution in [0, 0.1) is 17.3 Å². The van der Waals surface area contributed by atoms with Crippen molar-refractivity contribution in [2.45, 2.75) is 52.0 Å². The second-order valence-corrected chi connectivity index (χ2v) is 6.76. The lowest BCUT2D eigenvalue weighted by Gasteiger charge is -2.27. The van der Waals surface area contributed by atoms with Crippen molar-refractivity contribution in [2.75, 3.05) is 19.6 Å². The number of likely N-dealkylation sites (tertiary alicyclic amines) is 1. The molecule has 4 heteroatoms. The minimum Gasteiger partial charge on any atom is -0.339 e. The van der Waals surface area contributed by atoms with Gasteiger partial charge in [-0.15, -0.1) is 12.4 Å². The summed E-state index contributed by atoms with van der Waals surface area (Å²) < 4.78 is 0. The second-order valence-electron chi connectivity index (χ2n) is 6.76. The third-order valence-electron chi connectivity index (χ3n) is 5.47. The Bertz CT molecular complexity index is 341. The van der Waals surface area contributed by atoms with Gasteiger partial charge in [0, 0.05) is 18.5 Å². The van der Waals surface area contributed by atoms with Crippen LogP contribution in [0.1, 0.15) is 46.0 Å². The van der Waals surface area contributed by atoms with Gasteiger partial charge in [0.05, 0.1) is 0 Å². The van der Waals surface area contributed by atoms with Gasteiger partial charge < -0.3 is 10.2 Å². The zero-order valence-electron chi connectivity index (χ0n) is 12.2. The van der Waals surface area contributed by atoms with Crippen LogP contribution in [0.3, 0.4) is 0 Å². The van der Waals surface area contributed by atoms with E-state index in [0.29, 0.717) is 29.2 Å². The average Bonchev–Trinajstić information content (AvgIpc) is 2.92. The summed E-state index contributed by atoms with van der Waals surface area (Å²) in [6.45, 7) is 7.72. The van der Waals surface area contributed by atoms with E-state index in [4.69, 9.17) is 0 Å². The standard InChI is InChI=1S/C15H26N2O.ClH/c1-3-12-8-11(2)10-17(12)14(18)13-9-15(13)4-6-16-7-5-15;/h11-13,16H,3-10H2,1-2H3;1H. The number of amides is 1. The number of rotatable bonds is 2. The molecule has 3 unspecified atom stereocenters. The van der Waals surface area contributed by atoms with Crippen molar-refractivity contribution in [3.63, 3.8) is 0 Å². The van der Waals surface area contributed by atoms with E-state index in [0.717, 1.165) is 32.5 Å². The van der Waals surface area contributed by atoms with E-state index < -0.39 is 0 Å². The number of nitrogens with one attached hydrogen (secondary N) is 1. The van der Waals surface area contributed by atoms with Crippen LogP contribution in [0.4, 0.5) is 0 Å². The Labute approximate surface area is 122 Å². The first-order valence-electron chi connectivity index (χ1n) is 7.67. The molecule has 19 heavy (non-hydrogen) atoms. The fraction of sp³-hybridized carbons (Fsp3) is 0.933. The highest BCUT2D eigenvalue weighted by atomic mass is 35.5. The van der Waals surface area contributed by atoms with Crippen LogP contribution in [0.5, 0.6) is 0 Å². The zero-order valence-corrected chi connectivity index (χ0v) is 13.0. The number of nitrogens with zero attached hydrogens (tertiary/aromatic N) is 1. The molecule has 3 fully saturated rings. The molecule has 3 nitrogen and oxygen atoms in total. The van der Waals surface area contributed by atoms with Crippen LogP contribution in [-0.4, -0.2) is 36.5 Å². The maximum Gasteiger partial charge on any atom is 0.226 e. The molecule has 1 saturated carbocycles. The average molecular weight is 287 g/mol. The van der Waals surface area contributed by atoms with E-state index in [1.165, 1.54) is 19.3 Å². The minimum absolute atomic E-state index is 0. The lowest BCUT2D eigenvalue weighted by Crippen LogP contribution is -2.39. The van der Waals surface area contributed by atoms with E-state index >= 15 is 0 Å². The SMILES string of the molecule is CCC1CC(C)CN1C(=O)C1CC12CCNCC2.Cl. The number of carbonyl (C=O) groups is 1. The van der Waals surface area contributed by atoms with Crippen molar-refractivity contribution in [3.05, 3.63) is 0 Å². The molecule has 0 bridgehead atoms. The maximum absolute atomic E-state index is 12.7. The molecule has 1 N–H and O–H groups in total. The fourth-order valence-corrected chi connectivity index (χ4v) is 4.18. The predicted octanol–water partition coefficient (Wildman–Crippen LogP) is 2.44. The van der Waals surface area contributed by atoms with E-state index in [-0.39, 0.29) is 12.4 Å². The lowest BCUT2D eigenvalue weighted by molar-refractivity contribution is -0.134. The molecular weight excluding hydrogens is 260 g/mol. The number of halogens is 1. The van der Waals surface area contributed by atoms with Gasteiger partial charge in [-0.05, 0) is 56.5 Å². The molecule has 1 spiro atoms. The van der Waals surface area contributed by atoms with Crippen LogP contribution in [0.2, 0.25) is 0 Å². The Hall–Kier alpha value is -0.280. The van der Waals surface area contributed by atoms with E-state index in [9.17, 15) is 4.79 Å². The minimum atomic E-state index is 0. The highest BCUT2D eigenvalue weighted by Crippen LogP contribution is 2.59. The van der Waals surface area contributed by atoms with Crippen LogP contribution in [0.15, 0.2) is 0 Å². The first kappa shape index (κ1) is 15.1. The van der Waals surface area contributed by atoms with Crippen LogP contribution >= 0.6 is 12.4 Å². The summed E-state index contributed by atoms with van der Waals surface area (Å²) in [7, 11) is 0. The van der Waals surface area contributed by atoms with Crippen LogP contribution < -0.4 is 5.32 Å². The Morgan fingerprint density at radius 1 is 1.37 bits per heavy atom. The third-order valence-corrected chi connectivity index (χ3v) is 5.47. The topological polar surface area (TPSA) is 32.3 Å². The van der Waals surface area contributed by atoms with Gasteiger partial charge in [-0.3, -0.25) is 4.79 Å². The molecule has 3 rings (SSSR count). The van der Waals surface area contributed by atoms with Gasteiger partial charge >= 0.3 is 0 Å². The van der Waals surface area contributed by atoms with Gasteiger partial charge in [0.15, 0.2) is 0 Å². The van der Waals surface area contributed by atoms with Crippen LogP contribution in [0.25, 0.3) is 0 Å². The van der Waals surface area contributed by atoms with Gasteiger partial charge in [0.25, 0.3) is 0 Å². The molecule has 2 heterocycles. The van der Waals surface area contributed by atoms with Crippen molar-refractivity contribution in [1.82, 2.24) is 10.2 Å². The van der Waals surface area contributed by atoms with Crippen molar-refractivity contribution >= 4 is 18.3 Å². The maximum atomic E-state index is 12.7. The summed E-state index contributed by atoms with van der Waals surface area (Å²) in [4.78, 5) is 14.9. The second kappa shape index (κ2) is 5.61. The Morgan fingerprint density at radius 2 is 2.05 bits per heavy atom. The Balaban J connectivity index is 0.00000133. The first-order valence-corrected chi connectivity index (χ1v) is 7.67. The highest BCUT2D eigenvalue weighted by molar-refractivity contribution is 5.85. The van der Waals surface area contributed by atoms with E-state index in [1.807, 2.05) is 0 Å². The molecule has 2 saturated heterocycles. The summed E-state index contributed by atoms with van der Waals surface area (Å²) in [6, 6.07) is 0.520. The molecule has 0 aromatic carbocycles. The van der Waals surface area contributed by atoms with Crippen molar-refractivity contribution in [1.29, 1.82) is 0 Å². The predicted molar refractivity (Wildman–Crippen MR) is 79.5 cm³/mol. The van der Waals surface area contributed by atoms with Gasteiger partial charge in [-0.2, -0.15) is 0 Å². The largest absolute Gasteiger partial charge is 0.339 e. The van der Waals surface area contributed by atoms with E-state index in [1.54, 1.807) is 0 Å². The number of piperidine rings is 1. The summed E-state index contributed by atoms with van der Waals surface area (Å²) in [5, 5.41) is 3.41. The van der Waals surface area contributed by atoms with E-state index in [2.05, 4.69) is 24.1 Å². The summed E-state index contributed by atoms with van der Waals surface area (Å²) in [5.74, 6) is 1.54. The highest BCUT2D eigenvalue weighted by Gasteiger charge is 2.59. The molecule has 3 aliphatic rings. The molecule has 1 aliphatic carbocycles. The molecular formula is C15H27ClN2O. The molecule has 3 atom stereocenters. The Kier molecular flexibility index (Phi) is 4.46. The molecule has 1 amide bonds. The van der Waals surface area contributed by atoms with Crippen molar-refractivity contribution in [2.24, 2.45) is 17.3 Å². The number of hydrogen-bond acceptors (Lipinski definition) is 2. The normalized spacial score (nSPS) is 36.1. The Morgan fingerprint density at radius 3 is 2.68 bits per heavy atom. The smallest absolute Gasteiger partial charge is 0.226 e. The van der Waals surface area contributed by atoms with Gasteiger partial charge in [0.1, 0.15) is 0 Å². The van der Waals surface area contributed by atoms with Gasteiger partial charge in [-0.25, -0.2) is 0 Å². The molecule has 2 aliphatic heterocycles. The monoisotopic (exact) mass is 286 g/mol. The summed E-state index contributed by atoms with van der Waals surface area (Å²) in [6.07, 6.45) is 5.92. The fourth-order valence-electron chi connectivity index (χ4n) is 4.18. The molecule has 0 aromatic rings. The van der Waals surface area contributed by atoms with Gasteiger partial charge in [-0.1, -0.05) is 13.8 Å². The molecule has 110 valence electrons. The number of hydrogen-bond donors (Lipinski definition) is 1. The quantitative estimate of drug-likeness (QED) is 0.846. The first-order chi connectivity index (χ1) is 8.66. The number of carbonyl (C=O) groups excluding carboxylic acids is 1. The molecule has 0 radical (unpaired) electrons. The lowest BCUT2D eigenvalue weighted by atomic mass is 9.91. The summed E-state index contributed by atoms with van der Waals surface area (Å²) in [5.41, 5.74) is 0.395. The van der Waals surface area contributed by atoms with Crippen molar-refractivity contribution in [3.8, 4) is 0 Å². The van der Waals surface area contributed by atoms with Gasteiger partial charge in [0.2, 0.25) is 5.91 Å². The van der Waals surface area contributed by atoms with Crippen LogP contribution in [-0.2, 0) is 4.79 Å². The molecule has 0 aromatic heterocycles. The third kappa shape index (κ3) is 2.64. The zero-order chi connectivity index (χ0) is 12.8. The summed E-state index contributed by atoms with van der Waals surface area (Å²) >= 11 is 0. The van der Waals surface area contributed by atoms with Crippen molar-refractivity contribution < 1.29 is 4.79 Å².